The largest absolute Gasteiger partial charge is 0.323 e. The summed E-state index contributed by atoms with van der Waals surface area (Å²) >= 11 is 6.02. The van der Waals surface area contributed by atoms with Gasteiger partial charge in [-0.25, -0.2) is 13.1 Å². The maximum Gasteiger partial charge on any atom is 0.248 e. The molecule has 0 heterocycles. The quantitative estimate of drug-likeness (QED) is 0.753. The van der Waals surface area contributed by atoms with Crippen molar-refractivity contribution in [1.82, 2.24) is 4.72 Å². The van der Waals surface area contributed by atoms with Gasteiger partial charge in [0, 0.05) is 22.8 Å². The van der Waals surface area contributed by atoms with Crippen LogP contribution in [0.5, 0.6) is 0 Å². The van der Waals surface area contributed by atoms with E-state index in [0.29, 0.717) is 10.7 Å². The number of carbonyl (C=O) groups excluding carboxylic acids is 1. The molecule has 0 atom stereocenters. The van der Waals surface area contributed by atoms with E-state index in [-0.39, 0.29) is 16.8 Å². The lowest BCUT2D eigenvalue weighted by molar-refractivity contribution is -0.111. The number of hydrogen-bond donors (Lipinski definition) is 2. The third kappa shape index (κ3) is 5.70. The average molecular weight is 379 g/mol. The molecule has 0 bridgehead atoms. The topological polar surface area (TPSA) is 75.3 Å². The van der Waals surface area contributed by atoms with E-state index in [1.165, 1.54) is 30.3 Å². The number of carbonyl (C=O) groups is 1. The minimum atomic E-state index is -3.55. The van der Waals surface area contributed by atoms with Crippen LogP contribution >= 0.6 is 11.6 Å². The zero-order valence-corrected chi connectivity index (χ0v) is 15.4. The molecule has 1 amide bonds. The van der Waals surface area contributed by atoms with Crippen LogP contribution in [-0.4, -0.2) is 20.4 Å². The lowest BCUT2D eigenvalue weighted by Gasteiger charge is -2.10. The minimum Gasteiger partial charge on any atom is -0.323 e. The van der Waals surface area contributed by atoms with Gasteiger partial charge in [-0.3, -0.25) is 4.79 Å². The Labute approximate surface area is 152 Å². The normalized spacial score (nSPS) is 11.8. The number of anilines is 1. The first-order valence-corrected chi connectivity index (χ1v) is 9.50. The molecule has 0 fully saturated rings. The third-order valence-electron chi connectivity index (χ3n) is 3.14. The molecule has 5 nitrogen and oxygen atoms in total. The molecule has 2 aromatic rings. The number of sulfonamides is 1. The fourth-order valence-electron chi connectivity index (χ4n) is 2.06. The van der Waals surface area contributed by atoms with Crippen molar-refractivity contribution in [1.29, 1.82) is 0 Å². The van der Waals surface area contributed by atoms with Gasteiger partial charge in [0.1, 0.15) is 0 Å². The highest BCUT2D eigenvalue weighted by Gasteiger charge is 2.14. The molecule has 0 saturated carbocycles. The van der Waals surface area contributed by atoms with Crippen molar-refractivity contribution in [2.45, 2.75) is 24.8 Å². The number of hydrogen-bond acceptors (Lipinski definition) is 3. The molecule has 2 N–H and O–H groups in total. The minimum absolute atomic E-state index is 0.144. The summed E-state index contributed by atoms with van der Waals surface area (Å²) in [7, 11) is -3.55. The van der Waals surface area contributed by atoms with Gasteiger partial charge in [0.25, 0.3) is 0 Å². The average Bonchev–Trinajstić information content (AvgIpc) is 2.53. The highest BCUT2D eigenvalue weighted by Crippen LogP contribution is 2.17. The fraction of sp³-hybridized carbons (Fsp3) is 0.167. The first-order valence-electron chi connectivity index (χ1n) is 7.64. The Bertz CT molecular complexity index is 875. The van der Waals surface area contributed by atoms with E-state index >= 15 is 0 Å². The Morgan fingerprint density at radius 1 is 1.08 bits per heavy atom. The van der Waals surface area contributed by atoms with Crippen molar-refractivity contribution >= 4 is 39.3 Å². The van der Waals surface area contributed by atoms with Gasteiger partial charge in [0.05, 0.1) is 4.90 Å². The molecular formula is C18H19ClN2O3S. The maximum atomic E-state index is 12.0. The monoisotopic (exact) mass is 378 g/mol. The van der Waals surface area contributed by atoms with Gasteiger partial charge in [0.15, 0.2) is 0 Å². The van der Waals surface area contributed by atoms with Crippen LogP contribution in [0.15, 0.2) is 59.5 Å². The van der Waals surface area contributed by atoms with Crippen LogP contribution < -0.4 is 10.0 Å². The summed E-state index contributed by atoms with van der Waals surface area (Å²) in [4.78, 5) is 12.1. The second-order valence-corrected chi connectivity index (χ2v) is 7.77. The van der Waals surface area contributed by atoms with Gasteiger partial charge < -0.3 is 5.32 Å². The molecule has 2 aromatic carbocycles. The van der Waals surface area contributed by atoms with Crippen LogP contribution in [-0.2, 0) is 14.8 Å². The van der Waals surface area contributed by atoms with Gasteiger partial charge in [0.2, 0.25) is 15.9 Å². The molecule has 7 heteroatoms. The van der Waals surface area contributed by atoms with E-state index in [9.17, 15) is 13.2 Å². The van der Waals surface area contributed by atoms with Crippen LogP contribution in [0.2, 0.25) is 5.02 Å². The van der Waals surface area contributed by atoms with E-state index in [4.69, 9.17) is 11.6 Å². The van der Waals surface area contributed by atoms with E-state index in [2.05, 4.69) is 10.0 Å². The number of benzene rings is 2. The second kappa shape index (κ2) is 8.29. The summed E-state index contributed by atoms with van der Waals surface area (Å²) < 4.78 is 26.6. The van der Waals surface area contributed by atoms with Gasteiger partial charge in [-0.1, -0.05) is 29.8 Å². The van der Waals surface area contributed by atoms with Gasteiger partial charge in [-0.2, -0.15) is 0 Å². The smallest absolute Gasteiger partial charge is 0.248 e. The summed E-state index contributed by atoms with van der Waals surface area (Å²) in [5.74, 6) is -0.337. The molecule has 0 aliphatic carbocycles. The number of halogens is 1. The molecule has 0 unspecified atom stereocenters. The highest BCUT2D eigenvalue weighted by atomic mass is 35.5. The first-order chi connectivity index (χ1) is 11.8. The molecule has 0 radical (unpaired) electrons. The first kappa shape index (κ1) is 19.2. The van der Waals surface area contributed by atoms with Crippen LogP contribution in [0.3, 0.4) is 0 Å². The van der Waals surface area contributed by atoms with Crippen LogP contribution in [0, 0.1) is 0 Å². The van der Waals surface area contributed by atoms with Gasteiger partial charge >= 0.3 is 0 Å². The molecule has 2 rings (SSSR count). The Morgan fingerprint density at radius 3 is 2.32 bits per heavy atom. The molecule has 0 aromatic heterocycles. The zero-order valence-electron chi connectivity index (χ0n) is 13.9. The van der Waals surface area contributed by atoms with Crippen LogP contribution in [0.1, 0.15) is 19.4 Å². The predicted octanol–water partition coefficient (Wildman–Crippen LogP) is 3.68. The van der Waals surface area contributed by atoms with Crippen molar-refractivity contribution in [3.8, 4) is 0 Å². The van der Waals surface area contributed by atoms with Gasteiger partial charge in [-0.05, 0) is 55.8 Å². The van der Waals surface area contributed by atoms with Crippen molar-refractivity contribution in [2.24, 2.45) is 0 Å². The Balaban J connectivity index is 2.04. The van der Waals surface area contributed by atoms with Crippen molar-refractivity contribution in [2.75, 3.05) is 5.32 Å². The lowest BCUT2D eigenvalue weighted by atomic mass is 10.2. The summed E-state index contributed by atoms with van der Waals surface area (Å²) in [6.07, 6.45) is 2.98. The van der Waals surface area contributed by atoms with Crippen LogP contribution in [0.25, 0.3) is 6.08 Å². The molecular weight excluding hydrogens is 360 g/mol. The zero-order chi connectivity index (χ0) is 18.4. The van der Waals surface area contributed by atoms with Crippen molar-refractivity contribution < 1.29 is 13.2 Å². The number of nitrogens with one attached hydrogen (secondary N) is 2. The molecule has 0 aliphatic heterocycles. The summed E-state index contributed by atoms with van der Waals surface area (Å²) in [6, 6.07) is 12.9. The second-order valence-electron chi connectivity index (χ2n) is 5.64. The summed E-state index contributed by atoms with van der Waals surface area (Å²) in [6.45, 7) is 3.49. The SMILES string of the molecule is CC(C)NS(=O)(=O)c1ccc(NC(=O)/C=C/c2ccccc2Cl)cc1. The Morgan fingerprint density at radius 2 is 1.72 bits per heavy atom. The van der Waals surface area contributed by atoms with E-state index in [1.807, 2.05) is 12.1 Å². The standard InChI is InChI=1S/C18H19ClN2O3S/c1-13(2)21-25(23,24)16-10-8-15(9-11-16)20-18(22)12-7-14-5-3-4-6-17(14)19/h3-13,21H,1-2H3,(H,20,22)/b12-7+. The fourth-order valence-corrected chi connectivity index (χ4v) is 3.51. The van der Waals surface area contributed by atoms with Gasteiger partial charge in [-0.15, -0.1) is 0 Å². The van der Waals surface area contributed by atoms with Crippen molar-refractivity contribution in [3.05, 3.63) is 65.2 Å². The Kier molecular flexibility index (Phi) is 6.36. The lowest BCUT2D eigenvalue weighted by Crippen LogP contribution is -2.30. The van der Waals surface area contributed by atoms with E-state index < -0.39 is 10.0 Å². The summed E-state index contributed by atoms with van der Waals surface area (Å²) in [5.41, 5.74) is 1.23. The number of amides is 1. The molecule has 0 aliphatic rings. The molecule has 0 spiro atoms. The molecule has 0 saturated heterocycles. The highest BCUT2D eigenvalue weighted by molar-refractivity contribution is 7.89. The van der Waals surface area contributed by atoms with Crippen molar-refractivity contribution in [3.63, 3.8) is 0 Å². The maximum absolute atomic E-state index is 12.0. The van der Waals surface area contributed by atoms with E-state index in [0.717, 1.165) is 5.56 Å². The van der Waals surface area contributed by atoms with Crippen LogP contribution in [0.4, 0.5) is 5.69 Å². The molecule has 132 valence electrons. The number of rotatable bonds is 6. The third-order valence-corrected chi connectivity index (χ3v) is 5.16. The van der Waals surface area contributed by atoms with E-state index in [1.54, 1.807) is 32.1 Å². The summed E-state index contributed by atoms with van der Waals surface area (Å²) in [5, 5.41) is 3.22. The Hall–Kier alpha value is -2.15. The molecule has 25 heavy (non-hydrogen) atoms. The predicted molar refractivity (Wildman–Crippen MR) is 101 cm³/mol.